The molecule has 1 aromatic carbocycles. The monoisotopic (exact) mass is 752 g/mol. The molecule has 0 atom stereocenters. The van der Waals surface area contributed by atoms with Gasteiger partial charge in [0.15, 0.2) is 5.65 Å². The summed E-state index contributed by atoms with van der Waals surface area (Å²) in [6.45, 7) is 10.2. The SMILES string of the molecule is CCn1nc(C)cc1C(=O)Nc1nc2cc(C(N)=O)cnc2n1C/C=C/Cn1c(NC)nc2cc(C(N)=O)cc(OCCCN3CCC4(CCOCC4)C3)c21. The Morgan fingerprint density at radius 3 is 2.42 bits per heavy atom. The summed E-state index contributed by atoms with van der Waals surface area (Å²) in [5.41, 5.74) is 15.4. The molecular weight excluding hydrogens is 704 g/mol. The van der Waals surface area contributed by atoms with Crippen molar-refractivity contribution < 1.29 is 23.9 Å². The van der Waals surface area contributed by atoms with Crippen LogP contribution in [0.2, 0.25) is 0 Å². The minimum absolute atomic E-state index is 0.203. The highest BCUT2D eigenvalue weighted by Gasteiger charge is 2.38. The molecule has 17 nitrogen and oxygen atoms in total. The molecule has 1 spiro atoms. The van der Waals surface area contributed by atoms with E-state index in [9.17, 15) is 14.4 Å². The molecule has 2 saturated heterocycles. The molecule has 0 aliphatic carbocycles. The summed E-state index contributed by atoms with van der Waals surface area (Å²) >= 11 is 0. The maximum atomic E-state index is 13.4. The average molecular weight is 753 g/mol. The van der Waals surface area contributed by atoms with Crippen LogP contribution in [0.25, 0.3) is 22.2 Å². The number of ether oxygens (including phenoxy) is 2. The van der Waals surface area contributed by atoms with E-state index in [1.54, 1.807) is 40.6 Å². The number of carbonyl (C=O) groups is 3. The summed E-state index contributed by atoms with van der Waals surface area (Å²) in [5.74, 6) is -0.227. The van der Waals surface area contributed by atoms with E-state index in [0.29, 0.717) is 70.4 Å². The summed E-state index contributed by atoms with van der Waals surface area (Å²) < 4.78 is 17.3. The first-order valence-electron chi connectivity index (χ1n) is 18.7. The topological polar surface area (TPSA) is 215 Å². The lowest BCUT2D eigenvalue weighted by Crippen LogP contribution is -2.33. The number of aryl methyl sites for hydroxylation is 2. The van der Waals surface area contributed by atoms with Crippen LogP contribution in [0.3, 0.4) is 0 Å². The third-order valence-corrected chi connectivity index (χ3v) is 10.5. The summed E-state index contributed by atoms with van der Waals surface area (Å²) in [4.78, 5) is 54.0. The van der Waals surface area contributed by atoms with E-state index in [1.165, 1.54) is 12.6 Å². The summed E-state index contributed by atoms with van der Waals surface area (Å²) in [6.07, 6.45) is 9.56. The number of fused-ring (bicyclic) bond motifs is 2. The zero-order valence-electron chi connectivity index (χ0n) is 31.5. The Bertz CT molecular complexity index is 2260. The van der Waals surface area contributed by atoms with E-state index >= 15 is 0 Å². The van der Waals surface area contributed by atoms with Gasteiger partial charge in [-0.05, 0) is 75.8 Å². The Kier molecular flexibility index (Phi) is 10.8. The molecule has 3 amide bonds. The van der Waals surface area contributed by atoms with Crippen molar-refractivity contribution in [3.05, 3.63) is 65.1 Å². The maximum absolute atomic E-state index is 13.4. The molecule has 17 heteroatoms. The third-order valence-electron chi connectivity index (χ3n) is 10.5. The number of likely N-dealkylation sites (tertiary alicyclic amines) is 1. The number of benzene rings is 1. The smallest absolute Gasteiger partial charge is 0.276 e. The number of hydrogen-bond donors (Lipinski definition) is 4. The number of pyridine rings is 1. The van der Waals surface area contributed by atoms with Crippen LogP contribution in [0.5, 0.6) is 5.75 Å². The van der Waals surface area contributed by atoms with Crippen LogP contribution in [0.15, 0.2) is 42.6 Å². The Hall–Kier alpha value is -5.81. The molecule has 2 aliphatic heterocycles. The number of primary amides is 2. The van der Waals surface area contributed by atoms with E-state index < -0.39 is 11.8 Å². The lowest BCUT2D eigenvalue weighted by Gasteiger charge is -2.33. The van der Waals surface area contributed by atoms with E-state index in [1.807, 2.05) is 30.6 Å². The normalized spacial score (nSPS) is 15.8. The predicted molar refractivity (Wildman–Crippen MR) is 207 cm³/mol. The lowest BCUT2D eigenvalue weighted by atomic mass is 9.80. The first-order chi connectivity index (χ1) is 26.6. The number of rotatable bonds is 15. The number of nitrogens with one attached hydrogen (secondary N) is 2. The highest BCUT2D eigenvalue weighted by Crippen LogP contribution is 2.39. The van der Waals surface area contributed by atoms with Crippen LogP contribution < -0.4 is 26.8 Å². The number of allylic oxidation sites excluding steroid dienone is 2. The van der Waals surface area contributed by atoms with Crippen molar-refractivity contribution in [2.45, 2.75) is 59.2 Å². The van der Waals surface area contributed by atoms with Gasteiger partial charge in [0.1, 0.15) is 22.5 Å². The van der Waals surface area contributed by atoms with Crippen molar-refractivity contribution in [3.8, 4) is 5.75 Å². The number of hydrogen-bond acceptors (Lipinski definition) is 11. The first-order valence-corrected chi connectivity index (χ1v) is 18.7. The van der Waals surface area contributed by atoms with Gasteiger partial charge in [0.25, 0.3) is 5.91 Å². The maximum Gasteiger partial charge on any atom is 0.276 e. The average Bonchev–Trinajstić information content (AvgIpc) is 3.94. The van der Waals surface area contributed by atoms with Gasteiger partial charge in [-0.1, -0.05) is 12.2 Å². The second-order valence-corrected chi connectivity index (χ2v) is 14.2. The number of amides is 3. The first kappa shape index (κ1) is 37.5. The number of nitrogens with zero attached hydrogens (tertiary/aromatic N) is 8. The summed E-state index contributed by atoms with van der Waals surface area (Å²) in [6, 6.07) is 6.62. The second-order valence-electron chi connectivity index (χ2n) is 14.2. The van der Waals surface area contributed by atoms with Gasteiger partial charge in [0.2, 0.25) is 23.7 Å². The fraction of sp³-hybridized carbons (Fsp3) is 0.447. The number of anilines is 2. The van der Waals surface area contributed by atoms with Crippen LogP contribution in [0.4, 0.5) is 11.9 Å². The van der Waals surface area contributed by atoms with Crippen molar-refractivity contribution in [2.75, 3.05) is 57.1 Å². The molecule has 0 saturated carbocycles. The van der Waals surface area contributed by atoms with Crippen LogP contribution in [0, 0.1) is 12.3 Å². The van der Waals surface area contributed by atoms with Crippen molar-refractivity contribution >= 4 is 51.8 Å². The molecular formula is C38H48N12O5. The number of imidazole rings is 2. The number of carbonyl (C=O) groups excluding carboxylic acids is 3. The molecule has 2 aliphatic rings. The quantitative estimate of drug-likeness (QED) is 0.0899. The highest BCUT2D eigenvalue weighted by molar-refractivity contribution is 6.03. The molecule has 55 heavy (non-hydrogen) atoms. The van der Waals surface area contributed by atoms with Gasteiger partial charge in [-0.2, -0.15) is 5.10 Å². The third kappa shape index (κ3) is 7.88. The number of aromatic nitrogens is 7. The highest BCUT2D eigenvalue weighted by atomic mass is 16.5. The van der Waals surface area contributed by atoms with Crippen molar-refractivity contribution in [2.24, 2.45) is 16.9 Å². The zero-order valence-corrected chi connectivity index (χ0v) is 31.5. The summed E-state index contributed by atoms with van der Waals surface area (Å²) in [5, 5.41) is 10.4. The molecule has 6 N–H and O–H groups in total. The van der Waals surface area contributed by atoms with Gasteiger partial charge in [-0.25, -0.2) is 15.0 Å². The van der Waals surface area contributed by atoms with Crippen molar-refractivity contribution in [3.63, 3.8) is 0 Å². The zero-order chi connectivity index (χ0) is 38.7. The van der Waals surface area contributed by atoms with Crippen LogP contribution in [-0.2, 0) is 24.4 Å². The lowest BCUT2D eigenvalue weighted by molar-refractivity contribution is 0.0192. The van der Waals surface area contributed by atoms with Gasteiger partial charge in [-0.3, -0.25) is 28.9 Å². The summed E-state index contributed by atoms with van der Waals surface area (Å²) in [7, 11) is 1.78. The minimum atomic E-state index is -0.633. The van der Waals surface area contributed by atoms with E-state index in [2.05, 4.69) is 30.6 Å². The fourth-order valence-electron chi connectivity index (χ4n) is 7.66. The Morgan fingerprint density at radius 2 is 1.69 bits per heavy atom. The molecule has 0 radical (unpaired) electrons. The Balaban J connectivity index is 1.10. The molecule has 5 aromatic rings. The number of nitrogens with two attached hydrogens (primary N) is 2. The van der Waals surface area contributed by atoms with Gasteiger partial charge < -0.3 is 35.7 Å². The molecule has 6 heterocycles. The van der Waals surface area contributed by atoms with Gasteiger partial charge in [0.05, 0.1) is 23.4 Å². The molecule has 4 aromatic heterocycles. The molecule has 0 unspecified atom stereocenters. The van der Waals surface area contributed by atoms with Crippen LogP contribution in [0.1, 0.15) is 69.5 Å². The van der Waals surface area contributed by atoms with Gasteiger partial charge >= 0.3 is 0 Å². The molecule has 290 valence electrons. The Labute approximate surface area is 318 Å². The van der Waals surface area contributed by atoms with E-state index in [4.69, 9.17) is 25.9 Å². The van der Waals surface area contributed by atoms with Crippen LogP contribution in [-0.4, -0.2) is 103 Å². The predicted octanol–water partition coefficient (Wildman–Crippen LogP) is 3.33. The standard InChI is InChI=1S/C38H48N12O5/c1-4-50-29(18-24(2)46-50)35(53)45-37-44-28-20-26(33(40)52)22-42-34(28)49(37)13-6-5-12-48-31-27(43-36(48)41-3)19-25(32(39)51)21-30(31)55-15-7-11-47-14-8-38(23-47)9-16-54-17-10-38/h5-6,18-22H,4,7-17,23H2,1-3H3,(H2,39,51)(H2,40,52)(H,41,43)(H,44,45,53)/b6-5+. The largest absolute Gasteiger partial charge is 0.491 e. The van der Waals surface area contributed by atoms with E-state index in [-0.39, 0.29) is 24.0 Å². The molecule has 2 fully saturated rings. The van der Waals surface area contributed by atoms with Crippen LogP contribution >= 0.6 is 0 Å². The Morgan fingerprint density at radius 1 is 0.964 bits per heavy atom. The van der Waals surface area contributed by atoms with E-state index in [0.717, 1.165) is 57.6 Å². The van der Waals surface area contributed by atoms with Gasteiger partial charge in [-0.15, -0.1) is 0 Å². The van der Waals surface area contributed by atoms with Gasteiger partial charge in [0, 0.05) is 64.7 Å². The fourth-order valence-corrected chi connectivity index (χ4v) is 7.66. The molecule has 0 bridgehead atoms. The minimum Gasteiger partial charge on any atom is -0.491 e. The second kappa shape index (κ2) is 15.9. The molecule has 7 rings (SSSR count). The van der Waals surface area contributed by atoms with Crippen molar-refractivity contribution in [1.82, 2.24) is 38.8 Å². The van der Waals surface area contributed by atoms with Crippen molar-refractivity contribution in [1.29, 1.82) is 0 Å².